The molecule has 122 valence electrons. The molecule has 0 saturated carbocycles. The molecule has 6 heteroatoms. The van der Waals surface area contributed by atoms with E-state index >= 15 is 0 Å². The fourth-order valence-electron chi connectivity index (χ4n) is 1.91. The first-order chi connectivity index (χ1) is 11.0. The number of halogens is 2. The van der Waals surface area contributed by atoms with Crippen LogP contribution in [0.15, 0.2) is 36.4 Å². The summed E-state index contributed by atoms with van der Waals surface area (Å²) in [7, 11) is 0. The second-order valence-electron chi connectivity index (χ2n) is 5.07. The second kappa shape index (κ2) is 7.58. The van der Waals surface area contributed by atoms with Gasteiger partial charge in [-0.05, 0) is 49.2 Å². The third kappa shape index (κ3) is 4.67. The third-order valence-electron chi connectivity index (χ3n) is 3.34. The Kier molecular flexibility index (Phi) is 5.51. The zero-order valence-corrected chi connectivity index (χ0v) is 13.0. The molecule has 0 spiro atoms. The first kappa shape index (κ1) is 16.7. The zero-order chi connectivity index (χ0) is 16.8. The molecule has 0 aliphatic carbocycles. The number of hydrogen-bond donors (Lipinski definition) is 2. The summed E-state index contributed by atoms with van der Waals surface area (Å²) in [6.07, 6.45) is 0. The average Bonchev–Trinajstić information content (AvgIpc) is 2.51. The van der Waals surface area contributed by atoms with Crippen LogP contribution in [0.25, 0.3) is 0 Å². The predicted octanol–water partition coefficient (Wildman–Crippen LogP) is 3.78. The molecule has 2 rings (SSSR count). The van der Waals surface area contributed by atoms with Crippen molar-refractivity contribution in [3.05, 3.63) is 59.2 Å². The maximum atomic E-state index is 13.4. The van der Waals surface area contributed by atoms with Gasteiger partial charge in [-0.3, -0.25) is 0 Å². The van der Waals surface area contributed by atoms with Crippen LogP contribution in [0.2, 0.25) is 0 Å². The number of carbonyl (C=O) groups is 1. The van der Waals surface area contributed by atoms with E-state index < -0.39 is 23.4 Å². The highest BCUT2D eigenvalue weighted by atomic mass is 19.1. The summed E-state index contributed by atoms with van der Waals surface area (Å²) in [6.45, 7) is 4.44. The van der Waals surface area contributed by atoms with E-state index in [1.54, 1.807) is 0 Å². The Balaban J connectivity index is 1.78. The van der Waals surface area contributed by atoms with Crippen molar-refractivity contribution in [2.75, 3.05) is 18.5 Å². The molecule has 0 fully saturated rings. The Morgan fingerprint density at radius 1 is 1.09 bits per heavy atom. The number of para-hydroxylation sites is 1. The van der Waals surface area contributed by atoms with Crippen LogP contribution in [0.1, 0.15) is 11.1 Å². The molecule has 2 amide bonds. The largest absolute Gasteiger partial charge is 0.492 e. The quantitative estimate of drug-likeness (QED) is 0.824. The molecule has 0 atom stereocenters. The van der Waals surface area contributed by atoms with E-state index in [0.717, 1.165) is 17.7 Å². The molecule has 0 saturated heterocycles. The lowest BCUT2D eigenvalue weighted by atomic mass is 10.1. The van der Waals surface area contributed by atoms with Crippen LogP contribution >= 0.6 is 0 Å². The van der Waals surface area contributed by atoms with Gasteiger partial charge < -0.3 is 15.4 Å². The minimum absolute atomic E-state index is 0.203. The molecule has 0 heterocycles. The van der Waals surface area contributed by atoms with Gasteiger partial charge in [0.2, 0.25) is 0 Å². The fourth-order valence-corrected chi connectivity index (χ4v) is 1.91. The number of carbonyl (C=O) groups excluding carboxylic acids is 1. The van der Waals surface area contributed by atoms with Crippen LogP contribution in [0.3, 0.4) is 0 Å². The molecule has 2 aromatic rings. The van der Waals surface area contributed by atoms with Crippen LogP contribution in [0.4, 0.5) is 19.3 Å². The van der Waals surface area contributed by atoms with E-state index in [2.05, 4.69) is 10.6 Å². The fraction of sp³-hybridized carbons (Fsp3) is 0.235. The Bertz CT molecular complexity index is 685. The number of rotatable bonds is 5. The van der Waals surface area contributed by atoms with Crippen molar-refractivity contribution in [3.8, 4) is 5.75 Å². The average molecular weight is 320 g/mol. The Labute approximate surface area is 133 Å². The number of ether oxygens (including phenoxy) is 1. The van der Waals surface area contributed by atoms with Crippen LogP contribution in [-0.4, -0.2) is 19.2 Å². The summed E-state index contributed by atoms with van der Waals surface area (Å²) in [6, 6.07) is 8.37. The number of amides is 2. The summed E-state index contributed by atoms with van der Waals surface area (Å²) in [5.41, 5.74) is 1.81. The van der Waals surface area contributed by atoms with E-state index in [0.29, 0.717) is 5.75 Å². The van der Waals surface area contributed by atoms with Crippen molar-refractivity contribution < 1.29 is 18.3 Å². The standard InChI is InChI=1S/C17H18F2N2O2/c1-11-6-7-13(10-12(11)2)23-9-8-20-17(22)21-16-14(18)4-3-5-15(16)19/h3-7,10H,8-9H2,1-2H3,(H2,20,21,22). The molecular weight excluding hydrogens is 302 g/mol. The molecule has 0 aliphatic rings. The number of nitrogens with one attached hydrogen (secondary N) is 2. The number of hydrogen-bond acceptors (Lipinski definition) is 2. The van der Waals surface area contributed by atoms with Crippen LogP contribution < -0.4 is 15.4 Å². The first-order valence-electron chi connectivity index (χ1n) is 7.16. The summed E-state index contributed by atoms with van der Waals surface area (Å²) >= 11 is 0. The lowest BCUT2D eigenvalue weighted by Gasteiger charge is -2.11. The van der Waals surface area contributed by atoms with Gasteiger partial charge in [0, 0.05) is 0 Å². The highest BCUT2D eigenvalue weighted by molar-refractivity contribution is 5.89. The van der Waals surface area contributed by atoms with Crippen LogP contribution in [0.5, 0.6) is 5.75 Å². The Morgan fingerprint density at radius 3 is 2.43 bits per heavy atom. The third-order valence-corrected chi connectivity index (χ3v) is 3.34. The number of benzene rings is 2. The van der Waals surface area contributed by atoms with Gasteiger partial charge in [0.05, 0.1) is 6.54 Å². The van der Waals surface area contributed by atoms with Crippen molar-refractivity contribution in [2.45, 2.75) is 13.8 Å². The van der Waals surface area contributed by atoms with E-state index in [-0.39, 0.29) is 13.2 Å². The molecule has 2 aromatic carbocycles. The lowest BCUT2D eigenvalue weighted by molar-refractivity contribution is 0.247. The highest BCUT2D eigenvalue weighted by Gasteiger charge is 2.11. The number of aryl methyl sites for hydroxylation is 2. The lowest BCUT2D eigenvalue weighted by Crippen LogP contribution is -2.32. The normalized spacial score (nSPS) is 10.3. The van der Waals surface area contributed by atoms with Crippen molar-refractivity contribution in [3.63, 3.8) is 0 Å². The Hall–Kier alpha value is -2.63. The molecule has 0 bridgehead atoms. The highest BCUT2D eigenvalue weighted by Crippen LogP contribution is 2.18. The SMILES string of the molecule is Cc1ccc(OCCNC(=O)Nc2c(F)cccc2F)cc1C. The van der Waals surface area contributed by atoms with Crippen molar-refractivity contribution in [1.29, 1.82) is 0 Å². The van der Waals surface area contributed by atoms with E-state index in [1.807, 2.05) is 32.0 Å². The smallest absolute Gasteiger partial charge is 0.319 e. The molecule has 0 unspecified atom stereocenters. The topological polar surface area (TPSA) is 50.4 Å². The summed E-state index contributed by atoms with van der Waals surface area (Å²) in [5, 5.41) is 4.61. The molecular formula is C17H18F2N2O2. The molecule has 0 aliphatic heterocycles. The Morgan fingerprint density at radius 2 is 1.78 bits per heavy atom. The van der Waals surface area contributed by atoms with Gasteiger partial charge in [-0.25, -0.2) is 13.6 Å². The van der Waals surface area contributed by atoms with Gasteiger partial charge in [0.1, 0.15) is 29.7 Å². The first-order valence-corrected chi connectivity index (χ1v) is 7.16. The maximum Gasteiger partial charge on any atom is 0.319 e. The van der Waals surface area contributed by atoms with Gasteiger partial charge in [0.25, 0.3) is 0 Å². The number of anilines is 1. The van der Waals surface area contributed by atoms with Gasteiger partial charge in [-0.2, -0.15) is 0 Å². The van der Waals surface area contributed by atoms with Crippen molar-refractivity contribution >= 4 is 11.7 Å². The molecule has 4 nitrogen and oxygen atoms in total. The second-order valence-corrected chi connectivity index (χ2v) is 5.07. The monoisotopic (exact) mass is 320 g/mol. The van der Waals surface area contributed by atoms with Gasteiger partial charge in [0.15, 0.2) is 0 Å². The van der Waals surface area contributed by atoms with Gasteiger partial charge >= 0.3 is 6.03 Å². The van der Waals surface area contributed by atoms with Crippen LogP contribution in [0, 0.1) is 25.5 Å². The van der Waals surface area contributed by atoms with E-state index in [1.165, 1.54) is 11.6 Å². The van der Waals surface area contributed by atoms with Crippen molar-refractivity contribution in [1.82, 2.24) is 5.32 Å². The minimum atomic E-state index is -0.827. The van der Waals surface area contributed by atoms with Crippen LogP contribution in [-0.2, 0) is 0 Å². The molecule has 0 radical (unpaired) electrons. The zero-order valence-electron chi connectivity index (χ0n) is 13.0. The molecule has 0 aromatic heterocycles. The van der Waals surface area contributed by atoms with E-state index in [4.69, 9.17) is 4.74 Å². The summed E-state index contributed by atoms with van der Waals surface area (Å²) in [4.78, 5) is 11.6. The van der Waals surface area contributed by atoms with Gasteiger partial charge in [-0.15, -0.1) is 0 Å². The molecule has 23 heavy (non-hydrogen) atoms. The van der Waals surface area contributed by atoms with E-state index in [9.17, 15) is 13.6 Å². The van der Waals surface area contributed by atoms with Gasteiger partial charge in [-0.1, -0.05) is 12.1 Å². The molecule has 2 N–H and O–H groups in total. The summed E-state index contributed by atoms with van der Waals surface area (Å²) < 4.78 is 32.3. The number of urea groups is 1. The van der Waals surface area contributed by atoms with Crippen molar-refractivity contribution in [2.24, 2.45) is 0 Å². The minimum Gasteiger partial charge on any atom is -0.492 e. The summed E-state index contributed by atoms with van der Waals surface area (Å²) in [5.74, 6) is -0.950. The maximum absolute atomic E-state index is 13.4. The predicted molar refractivity (Wildman–Crippen MR) is 84.8 cm³/mol.